The minimum absolute atomic E-state index is 0.476. The number of rotatable bonds is 4. The van der Waals surface area contributed by atoms with Gasteiger partial charge in [0.15, 0.2) is 11.5 Å². The van der Waals surface area contributed by atoms with Gasteiger partial charge < -0.3 is 15.2 Å². The van der Waals surface area contributed by atoms with Gasteiger partial charge >= 0.3 is 0 Å². The zero-order valence-electron chi connectivity index (χ0n) is 8.34. The minimum Gasteiger partial charge on any atom is -0.493 e. The molecule has 3 nitrogen and oxygen atoms in total. The summed E-state index contributed by atoms with van der Waals surface area (Å²) in [6.45, 7) is 3.03. The highest BCUT2D eigenvalue weighted by Crippen LogP contribution is 2.33. The fraction of sp³-hybridized carbons (Fsp3) is 0.400. The summed E-state index contributed by atoms with van der Waals surface area (Å²) in [7, 11) is 1.62. The number of benzene rings is 1. The Morgan fingerprint density at radius 2 is 2.07 bits per heavy atom. The van der Waals surface area contributed by atoms with Gasteiger partial charge in [0.25, 0.3) is 0 Å². The van der Waals surface area contributed by atoms with Crippen LogP contribution in [0.15, 0.2) is 16.6 Å². The number of nitrogens with two attached hydrogens (primary N) is 1. The molecule has 4 heteroatoms. The molecular formula is C10H14BrNO2. The fourth-order valence-corrected chi connectivity index (χ4v) is 1.65. The van der Waals surface area contributed by atoms with Gasteiger partial charge in [-0.2, -0.15) is 0 Å². The van der Waals surface area contributed by atoms with E-state index in [4.69, 9.17) is 15.2 Å². The van der Waals surface area contributed by atoms with Gasteiger partial charge in [0.05, 0.1) is 13.7 Å². The normalized spacial score (nSPS) is 10.0. The van der Waals surface area contributed by atoms with E-state index in [0.717, 1.165) is 21.5 Å². The van der Waals surface area contributed by atoms with Crippen LogP contribution in [0.1, 0.15) is 12.5 Å². The Kier molecular flexibility index (Phi) is 4.22. The van der Waals surface area contributed by atoms with E-state index in [9.17, 15) is 0 Å². The molecule has 0 saturated heterocycles. The summed E-state index contributed by atoms with van der Waals surface area (Å²) in [6.07, 6.45) is 0. The lowest BCUT2D eigenvalue weighted by Gasteiger charge is -2.11. The molecule has 0 spiro atoms. The molecule has 0 atom stereocenters. The van der Waals surface area contributed by atoms with Crippen LogP contribution in [0.5, 0.6) is 11.5 Å². The van der Waals surface area contributed by atoms with Gasteiger partial charge in [-0.25, -0.2) is 0 Å². The first-order chi connectivity index (χ1) is 6.72. The molecule has 0 bridgehead atoms. The predicted molar refractivity (Wildman–Crippen MR) is 59.8 cm³/mol. The van der Waals surface area contributed by atoms with Gasteiger partial charge in [0.2, 0.25) is 0 Å². The highest BCUT2D eigenvalue weighted by molar-refractivity contribution is 9.10. The molecule has 0 saturated carbocycles. The van der Waals surface area contributed by atoms with Crippen molar-refractivity contribution in [3.8, 4) is 11.5 Å². The molecule has 0 aliphatic carbocycles. The molecule has 14 heavy (non-hydrogen) atoms. The molecule has 0 aromatic heterocycles. The standard InChI is InChI=1S/C10H14BrNO2/c1-3-14-10-5-8(11)7(6-12)4-9(10)13-2/h4-5H,3,6,12H2,1-2H3. The van der Waals surface area contributed by atoms with Gasteiger partial charge in [0, 0.05) is 11.0 Å². The maximum Gasteiger partial charge on any atom is 0.162 e. The second-order valence-corrected chi connectivity index (χ2v) is 3.59. The van der Waals surface area contributed by atoms with Gasteiger partial charge in [-0.3, -0.25) is 0 Å². The van der Waals surface area contributed by atoms with Gasteiger partial charge in [-0.15, -0.1) is 0 Å². The van der Waals surface area contributed by atoms with Crippen molar-refractivity contribution in [3.05, 3.63) is 22.2 Å². The first-order valence-corrected chi connectivity index (χ1v) is 5.21. The Hall–Kier alpha value is -0.740. The SMILES string of the molecule is CCOc1cc(Br)c(CN)cc1OC. The number of hydrogen-bond acceptors (Lipinski definition) is 3. The van der Waals surface area contributed by atoms with Crippen LogP contribution < -0.4 is 15.2 Å². The average molecular weight is 260 g/mol. The Balaban J connectivity index is 3.10. The third-order valence-corrected chi connectivity index (χ3v) is 2.59. The van der Waals surface area contributed by atoms with Crippen LogP contribution in [0, 0.1) is 0 Å². The molecule has 2 N–H and O–H groups in total. The molecule has 0 heterocycles. The van der Waals surface area contributed by atoms with E-state index in [1.165, 1.54) is 0 Å². The molecule has 1 aromatic rings. The van der Waals surface area contributed by atoms with Crippen LogP contribution in [0.4, 0.5) is 0 Å². The van der Waals surface area contributed by atoms with E-state index < -0.39 is 0 Å². The fourth-order valence-electron chi connectivity index (χ4n) is 1.16. The lowest BCUT2D eigenvalue weighted by molar-refractivity contribution is 0.310. The lowest BCUT2D eigenvalue weighted by Crippen LogP contribution is -2.01. The number of halogens is 1. The summed E-state index contributed by atoms with van der Waals surface area (Å²) in [5.74, 6) is 1.45. The van der Waals surface area contributed by atoms with Crippen LogP contribution in [0.3, 0.4) is 0 Å². The summed E-state index contributed by atoms with van der Waals surface area (Å²) in [5.41, 5.74) is 6.58. The van der Waals surface area contributed by atoms with E-state index in [1.807, 2.05) is 19.1 Å². The number of methoxy groups -OCH3 is 1. The van der Waals surface area contributed by atoms with Crippen LogP contribution in [0.25, 0.3) is 0 Å². The average Bonchev–Trinajstić information content (AvgIpc) is 2.19. The molecular weight excluding hydrogens is 246 g/mol. The van der Waals surface area contributed by atoms with E-state index >= 15 is 0 Å². The first kappa shape index (κ1) is 11.3. The highest BCUT2D eigenvalue weighted by atomic mass is 79.9. The van der Waals surface area contributed by atoms with E-state index in [2.05, 4.69) is 15.9 Å². The molecule has 0 aliphatic heterocycles. The van der Waals surface area contributed by atoms with E-state index in [-0.39, 0.29) is 0 Å². The summed E-state index contributed by atoms with van der Waals surface area (Å²) in [4.78, 5) is 0. The summed E-state index contributed by atoms with van der Waals surface area (Å²) < 4.78 is 11.6. The van der Waals surface area contributed by atoms with Crippen LogP contribution in [0.2, 0.25) is 0 Å². The number of hydrogen-bond donors (Lipinski definition) is 1. The molecule has 0 amide bonds. The van der Waals surface area contributed by atoms with Crippen molar-refractivity contribution in [1.29, 1.82) is 0 Å². The van der Waals surface area contributed by atoms with Gasteiger partial charge in [-0.05, 0) is 24.6 Å². The van der Waals surface area contributed by atoms with Crippen LogP contribution in [-0.2, 0) is 6.54 Å². The summed E-state index contributed by atoms with van der Waals surface area (Å²) in [5, 5.41) is 0. The lowest BCUT2D eigenvalue weighted by atomic mass is 10.2. The third-order valence-electron chi connectivity index (χ3n) is 1.85. The third kappa shape index (κ3) is 2.39. The maximum absolute atomic E-state index is 5.57. The van der Waals surface area contributed by atoms with Crippen molar-refractivity contribution in [2.24, 2.45) is 5.73 Å². The first-order valence-electron chi connectivity index (χ1n) is 4.42. The zero-order valence-corrected chi connectivity index (χ0v) is 9.93. The zero-order chi connectivity index (χ0) is 10.6. The van der Waals surface area contributed by atoms with Crippen molar-refractivity contribution in [1.82, 2.24) is 0 Å². The van der Waals surface area contributed by atoms with Crippen molar-refractivity contribution in [2.75, 3.05) is 13.7 Å². The second-order valence-electron chi connectivity index (χ2n) is 2.73. The quantitative estimate of drug-likeness (QED) is 0.903. The van der Waals surface area contributed by atoms with Crippen molar-refractivity contribution in [2.45, 2.75) is 13.5 Å². The molecule has 0 unspecified atom stereocenters. The van der Waals surface area contributed by atoms with E-state index in [1.54, 1.807) is 7.11 Å². The second kappa shape index (κ2) is 5.22. The smallest absolute Gasteiger partial charge is 0.162 e. The van der Waals surface area contributed by atoms with Gasteiger partial charge in [-0.1, -0.05) is 15.9 Å². The molecule has 0 fully saturated rings. The van der Waals surface area contributed by atoms with Gasteiger partial charge in [0.1, 0.15) is 0 Å². The maximum atomic E-state index is 5.57. The Morgan fingerprint density at radius 3 is 2.57 bits per heavy atom. The summed E-state index contributed by atoms with van der Waals surface area (Å²) in [6, 6.07) is 3.76. The monoisotopic (exact) mass is 259 g/mol. The van der Waals surface area contributed by atoms with Crippen LogP contribution in [-0.4, -0.2) is 13.7 Å². The van der Waals surface area contributed by atoms with Crippen molar-refractivity contribution < 1.29 is 9.47 Å². The Labute approximate surface area is 92.3 Å². The molecule has 0 radical (unpaired) electrons. The van der Waals surface area contributed by atoms with E-state index in [0.29, 0.717) is 13.2 Å². The van der Waals surface area contributed by atoms with Crippen molar-refractivity contribution in [3.63, 3.8) is 0 Å². The van der Waals surface area contributed by atoms with Crippen molar-refractivity contribution >= 4 is 15.9 Å². The molecule has 1 rings (SSSR count). The molecule has 1 aromatic carbocycles. The largest absolute Gasteiger partial charge is 0.493 e. The Bertz CT molecular complexity index is 315. The molecule has 0 aliphatic rings. The predicted octanol–water partition coefficient (Wildman–Crippen LogP) is 2.32. The van der Waals surface area contributed by atoms with Crippen LogP contribution >= 0.6 is 15.9 Å². The Morgan fingerprint density at radius 1 is 1.36 bits per heavy atom. The topological polar surface area (TPSA) is 44.5 Å². The summed E-state index contributed by atoms with van der Waals surface area (Å²) >= 11 is 3.43. The number of ether oxygens (including phenoxy) is 2. The minimum atomic E-state index is 0.476. The molecule has 78 valence electrons. The highest BCUT2D eigenvalue weighted by Gasteiger charge is 2.08.